The van der Waals surface area contributed by atoms with Gasteiger partial charge in [0.15, 0.2) is 0 Å². The van der Waals surface area contributed by atoms with Gasteiger partial charge in [0.25, 0.3) is 0 Å². The zero-order valence-corrected chi connectivity index (χ0v) is 13.0. The van der Waals surface area contributed by atoms with Gasteiger partial charge in [0.1, 0.15) is 11.5 Å². The van der Waals surface area contributed by atoms with Gasteiger partial charge in [-0.05, 0) is 31.3 Å². The number of ether oxygens (including phenoxy) is 1. The molecule has 1 saturated heterocycles. The first-order valence-electron chi connectivity index (χ1n) is 7.33. The van der Waals surface area contributed by atoms with E-state index in [1.807, 2.05) is 18.2 Å². The molecule has 21 heavy (non-hydrogen) atoms. The van der Waals surface area contributed by atoms with Gasteiger partial charge in [-0.25, -0.2) is 0 Å². The number of hydrogen-bond donors (Lipinski definition) is 0. The Morgan fingerprint density at radius 2 is 2.00 bits per heavy atom. The lowest BCUT2D eigenvalue weighted by Gasteiger charge is -2.30. The molecule has 0 aromatic heterocycles. The first-order chi connectivity index (χ1) is 10.1. The molecule has 0 amide bonds. The number of likely N-dealkylation sites (tertiary alicyclic amines) is 1. The zero-order valence-electron chi connectivity index (χ0n) is 12.3. The highest BCUT2D eigenvalue weighted by molar-refractivity contribution is 6.30. The molecule has 0 aliphatic carbocycles. The van der Waals surface area contributed by atoms with Crippen molar-refractivity contribution >= 4 is 11.6 Å². The molecule has 2 heterocycles. The van der Waals surface area contributed by atoms with Gasteiger partial charge in [-0.3, -0.25) is 0 Å². The normalized spacial score (nSPS) is 27.3. The van der Waals surface area contributed by atoms with Crippen LogP contribution in [0.5, 0.6) is 11.5 Å². The summed E-state index contributed by atoms with van der Waals surface area (Å²) in [6.45, 7) is 4.41. The third-order valence-electron chi connectivity index (χ3n) is 4.93. The summed E-state index contributed by atoms with van der Waals surface area (Å²) in [5.41, 5.74) is 2.58. The Bertz CT molecular complexity index is 714. The van der Waals surface area contributed by atoms with Crippen LogP contribution in [-0.2, 0) is 5.41 Å². The maximum atomic E-state index is 6.24. The monoisotopic (exact) mass is 299 g/mol. The highest BCUT2D eigenvalue weighted by Gasteiger charge is 2.47. The Labute approximate surface area is 130 Å². The van der Waals surface area contributed by atoms with Crippen LogP contribution in [0.2, 0.25) is 5.02 Å². The van der Waals surface area contributed by atoms with E-state index in [0.717, 1.165) is 29.6 Å². The molecule has 2 atom stereocenters. The summed E-state index contributed by atoms with van der Waals surface area (Å²) in [5, 5.41) is 0.778. The summed E-state index contributed by atoms with van der Waals surface area (Å²) in [6, 6.07) is 14.4. The maximum Gasteiger partial charge on any atom is 0.131 e. The predicted octanol–water partition coefficient (Wildman–Crippen LogP) is 4.43. The van der Waals surface area contributed by atoms with E-state index in [2.05, 4.69) is 43.1 Å². The van der Waals surface area contributed by atoms with Crippen molar-refractivity contribution in [3.63, 3.8) is 0 Å². The van der Waals surface area contributed by atoms with Crippen molar-refractivity contribution in [3.05, 3.63) is 58.6 Å². The topological polar surface area (TPSA) is 12.5 Å². The molecule has 108 valence electrons. The molecule has 0 bridgehead atoms. The minimum absolute atomic E-state index is 0.0568. The van der Waals surface area contributed by atoms with Gasteiger partial charge in [0.05, 0.1) is 0 Å². The molecule has 2 aliphatic heterocycles. The summed E-state index contributed by atoms with van der Waals surface area (Å²) in [5.74, 6) is 2.32. The van der Waals surface area contributed by atoms with Gasteiger partial charge < -0.3 is 9.64 Å². The molecule has 2 aliphatic rings. The van der Waals surface area contributed by atoms with Crippen molar-refractivity contribution in [2.45, 2.75) is 18.3 Å². The van der Waals surface area contributed by atoms with Crippen molar-refractivity contribution in [2.24, 2.45) is 0 Å². The highest BCUT2D eigenvalue weighted by Crippen LogP contribution is 2.53. The number of rotatable bonds is 0. The number of fused-ring (bicyclic) bond motifs is 5. The summed E-state index contributed by atoms with van der Waals surface area (Å²) in [6.07, 6.45) is 0. The van der Waals surface area contributed by atoms with Gasteiger partial charge in [-0.15, -0.1) is 0 Å². The standard InChI is InChI=1S/C18H18ClNO/c1-18-11-20(2)10-15(18)13-9-12(19)7-8-16(13)21-17-6-4-3-5-14(17)18/h3-9,15H,10-11H2,1-2H3. The Morgan fingerprint density at radius 1 is 1.19 bits per heavy atom. The summed E-state index contributed by atoms with van der Waals surface area (Å²) in [7, 11) is 2.19. The number of benzene rings is 2. The summed E-state index contributed by atoms with van der Waals surface area (Å²) < 4.78 is 6.22. The van der Waals surface area contributed by atoms with Gasteiger partial charge in [0.2, 0.25) is 0 Å². The van der Waals surface area contributed by atoms with E-state index in [9.17, 15) is 0 Å². The third kappa shape index (κ3) is 1.90. The maximum absolute atomic E-state index is 6.24. The Balaban J connectivity index is 2.00. The molecule has 2 unspecified atom stereocenters. The molecule has 2 nitrogen and oxygen atoms in total. The number of hydrogen-bond acceptors (Lipinski definition) is 2. The van der Waals surface area contributed by atoms with E-state index in [4.69, 9.17) is 16.3 Å². The van der Waals surface area contributed by atoms with E-state index in [0.29, 0.717) is 5.92 Å². The van der Waals surface area contributed by atoms with Crippen LogP contribution in [0.25, 0.3) is 0 Å². The SMILES string of the molecule is CN1CC2c3cc(Cl)ccc3Oc3ccccc3C2(C)C1. The molecular formula is C18H18ClNO. The molecule has 0 spiro atoms. The summed E-state index contributed by atoms with van der Waals surface area (Å²) in [4.78, 5) is 2.40. The van der Waals surface area contributed by atoms with Crippen molar-refractivity contribution in [1.82, 2.24) is 4.90 Å². The van der Waals surface area contributed by atoms with Crippen LogP contribution >= 0.6 is 11.6 Å². The van der Waals surface area contributed by atoms with Gasteiger partial charge in [-0.1, -0.05) is 36.7 Å². The number of likely N-dealkylation sites (N-methyl/N-ethyl adjacent to an activating group) is 1. The first-order valence-corrected chi connectivity index (χ1v) is 7.71. The van der Waals surface area contributed by atoms with E-state index < -0.39 is 0 Å². The fourth-order valence-electron chi connectivity index (χ4n) is 3.99. The Morgan fingerprint density at radius 3 is 2.86 bits per heavy atom. The molecular weight excluding hydrogens is 282 g/mol. The van der Waals surface area contributed by atoms with Crippen LogP contribution < -0.4 is 4.74 Å². The van der Waals surface area contributed by atoms with E-state index in [-0.39, 0.29) is 5.41 Å². The molecule has 2 aromatic carbocycles. The largest absolute Gasteiger partial charge is 0.457 e. The number of halogens is 1. The molecule has 4 rings (SSSR count). The van der Waals surface area contributed by atoms with E-state index >= 15 is 0 Å². The fourth-order valence-corrected chi connectivity index (χ4v) is 4.17. The Hall–Kier alpha value is -1.51. The fraction of sp³-hybridized carbons (Fsp3) is 0.333. The van der Waals surface area contributed by atoms with E-state index in [1.165, 1.54) is 11.1 Å². The summed E-state index contributed by atoms with van der Waals surface area (Å²) >= 11 is 6.24. The second-order valence-corrected chi connectivity index (χ2v) is 6.88. The van der Waals surface area contributed by atoms with Crippen LogP contribution in [0.15, 0.2) is 42.5 Å². The van der Waals surface area contributed by atoms with Crippen LogP contribution in [0, 0.1) is 0 Å². The molecule has 0 N–H and O–H groups in total. The highest BCUT2D eigenvalue weighted by atomic mass is 35.5. The third-order valence-corrected chi connectivity index (χ3v) is 5.17. The smallest absolute Gasteiger partial charge is 0.131 e. The average molecular weight is 300 g/mol. The predicted molar refractivity (Wildman–Crippen MR) is 85.6 cm³/mol. The van der Waals surface area contributed by atoms with Crippen LogP contribution in [-0.4, -0.2) is 25.0 Å². The minimum Gasteiger partial charge on any atom is -0.457 e. The molecule has 2 aromatic rings. The lowest BCUT2D eigenvalue weighted by Crippen LogP contribution is -2.29. The lowest BCUT2D eigenvalue weighted by atomic mass is 9.71. The van der Waals surface area contributed by atoms with Gasteiger partial charge in [0, 0.05) is 40.6 Å². The second kappa shape index (κ2) is 4.49. The number of para-hydroxylation sites is 1. The van der Waals surface area contributed by atoms with Crippen LogP contribution in [0.3, 0.4) is 0 Å². The van der Waals surface area contributed by atoms with Crippen molar-refractivity contribution in [2.75, 3.05) is 20.1 Å². The lowest BCUT2D eigenvalue weighted by molar-refractivity contribution is 0.375. The van der Waals surface area contributed by atoms with Gasteiger partial charge in [-0.2, -0.15) is 0 Å². The molecule has 1 fully saturated rings. The molecule has 0 radical (unpaired) electrons. The van der Waals surface area contributed by atoms with Crippen molar-refractivity contribution < 1.29 is 4.74 Å². The average Bonchev–Trinajstić information content (AvgIpc) is 2.73. The zero-order chi connectivity index (χ0) is 14.6. The first kappa shape index (κ1) is 13.2. The van der Waals surface area contributed by atoms with Crippen LogP contribution in [0.1, 0.15) is 24.0 Å². The second-order valence-electron chi connectivity index (χ2n) is 6.45. The van der Waals surface area contributed by atoms with E-state index in [1.54, 1.807) is 0 Å². The quantitative estimate of drug-likeness (QED) is 0.713. The Kier molecular flexibility index (Phi) is 2.82. The van der Waals surface area contributed by atoms with Crippen molar-refractivity contribution in [1.29, 1.82) is 0 Å². The van der Waals surface area contributed by atoms with Gasteiger partial charge >= 0.3 is 0 Å². The molecule has 0 saturated carbocycles. The molecule has 3 heteroatoms. The number of nitrogens with zero attached hydrogens (tertiary/aromatic N) is 1. The minimum atomic E-state index is 0.0568. The van der Waals surface area contributed by atoms with Crippen LogP contribution in [0.4, 0.5) is 0 Å². The van der Waals surface area contributed by atoms with Crippen molar-refractivity contribution in [3.8, 4) is 11.5 Å².